The normalized spacial score (nSPS) is 14.5. The highest BCUT2D eigenvalue weighted by molar-refractivity contribution is 5.20. The smallest absolute Gasteiger partial charge is 0.126 e. The van der Waals surface area contributed by atoms with Crippen LogP contribution < -0.4 is 5.32 Å². The molecular weight excluding hydrogens is 240 g/mol. The first-order valence-corrected chi connectivity index (χ1v) is 5.78. The van der Waals surface area contributed by atoms with Crippen molar-refractivity contribution in [2.24, 2.45) is 0 Å². The van der Waals surface area contributed by atoms with Crippen molar-refractivity contribution in [3.8, 4) is 0 Å². The molecule has 3 nitrogen and oxygen atoms in total. The van der Waals surface area contributed by atoms with Gasteiger partial charge >= 0.3 is 0 Å². The second-order valence-corrected chi connectivity index (χ2v) is 4.15. The summed E-state index contributed by atoms with van der Waals surface area (Å²) in [6, 6.07) is 3.33. The van der Waals surface area contributed by atoms with E-state index in [0.717, 1.165) is 6.07 Å². The molecule has 0 aliphatic carbocycles. The van der Waals surface area contributed by atoms with Gasteiger partial charge in [0.1, 0.15) is 11.6 Å². The Bertz CT molecular complexity index is 354. The second-order valence-electron chi connectivity index (χ2n) is 4.15. The van der Waals surface area contributed by atoms with Gasteiger partial charge in [-0.15, -0.1) is 0 Å². The molecule has 0 heterocycles. The Morgan fingerprint density at radius 2 is 1.78 bits per heavy atom. The Hall–Kier alpha value is -1.04. The Morgan fingerprint density at radius 1 is 1.17 bits per heavy atom. The van der Waals surface area contributed by atoms with Crippen LogP contribution in [0.1, 0.15) is 18.5 Å². The Balaban J connectivity index is 2.56. The summed E-state index contributed by atoms with van der Waals surface area (Å²) in [7, 11) is 3.19. The highest BCUT2D eigenvalue weighted by Crippen LogP contribution is 2.15. The standard InChI is InChI=1S/C13H19F2NO2/c1-9(16-7-13(18-3)8-17-2)10-4-11(14)6-12(15)5-10/h4-6,9,13,16H,7-8H2,1-3H3. The average molecular weight is 259 g/mol. The number of ether oxygens (including phenoxy) is 2. The summed E-state index contributed by atoms with van der Waals surface area (Å²) < 4.78 is 36.3. The van der Waals surface area contributed by atoms with E-state index in [2.05, 4.69) is 5.32 Å². The van der Waals surface area contributed by atoms with Crippen LogP contribution >= 0.6 is 0 Å². The Kier molecular flexibility index (Phi) is 6.18. The van der Waals surface area contributed by atoms with Gasteiger partial charge in [-0.05, 0) is 24.6 Å². The first kappa shape index (κ1) is 15.0. The highest BCUT2D eigenvalue weighted by Gasteiger charge is 2.12. The summed E-state index contributed by atoms with van der Waals surface area (Å²) >= 11 is 0. The van der Waals surface area contributed by atoms with Crippen molar-refractivity contribution in [2.45, 2.75) is 19.1 Å². The lowest BCUT2D eigenvalue weighted by Gasteiger charge is -2.19. The minimum absolute atomic E-state index is 0.0872. The van der Waals surface area contributed by atoms with E-state index in [-0.39, 0.29) is 12.1 Å². The molecule has 1 N–H and O–H groups in total. The van der Waals surface area contributed by atoms with Gasteiger partial charge in [0.05, 0.1) is 12.7 Å². The molecule has 0 saturated carbocycles. The number of rotatable bonds is 7. The second kappa shape index (κ2) is 7.41. The molecule has 0 bridgehead atoms. The van der Waals surface area contributed by atoms with Crippen LogP contribution in [0.3, 0.4) is 0 Å². The largest absolute Gasteiger partial charge is 0.382 e. The minimum atomic E-state index is -0.571. The van der Waals surface area contributed by atoms with Gasteiger partial charge in [0.15, 0.2) is 0 Å². The van der Waals surface area contributed by atoms with Crippen LogP contribution in [0.2, 0.25) is 0 Å². The number of halogens is 2. The molecule has 0 amide bonds. The van der Waals surface area contributed by atoms with E-state index < -0.39 is 11.6 Å². The molecule has 0 saturated heterocycles. The molecule has 0 fully saturated rings. The summed E-state index contributed by atoms with van der Waals surface area (Å²) in [6.45, 7) is 2.85. The molecule has 0 aromatic heterocycles. The third kappa shape index (κ3) is 4.68. The van der Waals surface area contributed by atoms with Gasteiger partial charge in [0, 0.05) is 32.9 Å². The lowest BCUT2D eigenvalue weighted by molar-refractivity contribution is 0.0276. The number of nitrogens with one attached hydrogen (secondary N) is 1. The molecule has 18 heavy (non-hydrogen) atoms. The van der Waals surface area contributed by atoms with Gasteiger partial charge in [-0.3, -0.25) is 0 Å². The SMILES string of the molecule is COCC(CNC(C)c1cc(F)cc(F)c1)OC. The summed E-state index contributed by atoms with van der Waals surface area (Å²) in [5.74, 6) is -1.14. The number of hydrogen-bond donors (Lipinski definition) is 1. The fraction of sp³-hybridized carbons (Fsp3) is 0.538. The van der Waals surface area contributed by atoms with Crippen LogP contribution in [0.4, 0.5) is 8.78 Å². The Labute approximate surface area is 106 Å². The fourth-order valence-electron chi connectivity index (χ4n) is 1.65. The minimum Gasteiger partial charge on any atom is -0.382 e. The van der Waals surface area contributed by atoms with Crippen LogP contribution in [-0.4, -0.2) is 33.5 Å². The monoisotopic (exact) mass is 259 g/mol. The molecule has 0 aliphatic heterocycles. The van der Waals surface area contributed by atoms with E-state index >= 15 is 0 Å². The first-order chi connectivity index (χ1) is 8.56. The van der Waals surface area contributed by atoms with Gasteiger partial charge in [0.2, 0.25) is 0 Å². The topological polar surface area (TPSA) is 30.5 Å². The molecule has 0 radical (unpaired) electrons. The Morgan fingerprint density at radius 3 is 2.28 bits per heavy atom. The number of hydrogen-bond acceptors (Lipinski definition) is 3. The molecule has 1 rings (SSSR count). The summed E-state index contributed by atoms with van der Waals surface area (Å²) in [5, 5.41) is 3.15. The maximum Gasteiger partial charge on any atom is 0.126 e. The van der Waals surface area contributed by atoms with Crippen LogP contribution in [0.15, 0.2) is 18.2 Å². The van der Waals surface area contributed by atoms with Crippen LogP contribution in [0.5, 0.6) is 0 Å². The van der Waals surface area contributed by atoms with E-state index in [1.54, 1.807) is 14.2 Å². The molecule has 102 valence electrons. The van der Waals surface area contributed by atoms with E-state index in [4.69, 9.17) is 9.47 Å². The molecule has 0 spiro atoms. The summed E-state index contributed by atoms with van der Waals surface area (Å²) in [4.78, 5) is 0. The van der Waals surface area contributed by atoms with Crippen molar-refractivity contribution in [1.29, 1.82) is 0 Å². The third-order valence-corrected chi connectivity index (χ3v) is 2.72. The molecule has 2 atom stereocenters. The van der Waals surface area contributed by atoms with Crippen LogP contribution in [0, 0.1) is 11.6 Å². The molecule has 1 aromatic rings. The predicted molar refractivity (Wildman–Crippen MR) is 65.4 cm³/mol. The maximum absolute atomic E-state index is 13.1. The molecule has 0 aliphatic rings. The lowest BCUT2D eigenvalue weighted by atomic mass is 10.1. The van der Waals surface area contributed by atoms with Gasteiger partial charge in [0.25, 0.3) is 0 Å². The van der Waals surface area contributed by atoms with E-state index in [9.17, 15) is 8.78 Å². The molecule has 5 heteroatoms. The molecular formula is C13H19F2NO2. The maximum atomic E-state index is 13.1. The molecule has 2 unspecified atom stereocenters. The zero-order chi connectivity index (χ0) is 13.5. The van der Waals surface area contributed by atoms with Gasteiger partial charge in [-0.25, -0.2) is 8.78 Å². The summed E-state index contributed by atoms with van der Waals surface area (Å²) in [5.41, 5.74) is 0.569. The van der Waals surface area contributed by atoms with Crippen LogP contribution in [-0.2, 0) is 9.47 Å². The van der Waals surface area contributed by atoms with Crippen LogP contribution in [0.25, 0.3) is 0 Å². The van der Waals surface area contributed by atoms with Crippen molar-refractivity contribution in [3.63, 3.8) is 0 Å². The average Bonchev–Trinajstić information content (AvgIpc) is 2.32. The first-order valence-electron chi connectivity index (χ1n) is 5.78. The quantitative estimate of drug-likeness (QED) is 0.815. The predicted octanol–water partition coefficient (Wildman–Crippen LogP) is 2.28. The number of benzene rings is 1. The van der Waals surface area contributed by atoms with Crippen molar-refractivity contribution < 1.29 is 18.3 Å². The zero-order valence-electron chi connectivity index (χ0n) is 10.9. The van der Waals surface area contributed by atoms with Crippen molar-refractivity contribution in [3.05, 3.63) is 35.4 Å². The molecule has 1 aromatic carbocycles. The van der Waals surface area contributed by atoms with Crippen molar-refractivity contribution in [2.75, 3.05) is 27.4 Å². The van der Waals surface area contributed by atoms with Gasteiger partial charge < -0.3 is 14.8 Å². The van der Waals surface area contributed by atoms with E-state index in [1.165, 1.54) is 12.1 Å². The summed E-state index contributed by atoms with van der Waals surface area (Å²) in [6.07, 6.45) is -0.0872. The zero-order valence-corrected chi connectivity index (χ0v) is 10.9. The van der Waals surface area contributed by atoms with Gasteiger partial charge in [-0.2, -0.15) is 0 Å². The fourth-order valence-corrected chi connectivity index (χ4v) is 1.65. The van der Waals surface area contributed by atoms with E-state index in [1.807, 2.05) is 6.92 Å². The third-order valence-electron chi connectivity index (χ3n) is 2.72. The van der Waals surface area contributed by atoms with E-state index in [0.29, 0.717) is 18.7 Å². The van der Waals surface area contributed by atoms with Crippen molar-refractivity contribution >= 4 is 0 Å². The van der Waals surface area contributed by atoms with Gasteiger partial charge in [-0.1, -0.05) is 0 Å². The van der Waals surface area contributed by atoms with Crippen molar-refractivity contribution in [1.82, 2.24) is 5.32 Å². The number of methoxy groups -OCH3 is 2. The lowest BCUT2D eigenvalue weighted by Crippen LogP contribution is -2.33. The highest BCUT2D eigenvalue weighted by atomic mass is 19.1.